The van der Waals surface area contributed by atoms with E-state index in [0.717, 1.165) is 51.9 Å². The molecular formula is C61H117N3O20P+. The quantitative estimate of drug-likeness (QED) is 0.0177. The van der Waals surface area contributed by atoms with E-state index in [1.54, 1.807) is 6.08 Å². The fraction of sp³-hybridized carbons (Fsp3) is 0.934. The van der Waals surface area contributed by atoms with Gasteiger partial charge in [-0.05, 0) is 19.3 Å². The Kier molecular flexibility index (Phi) is 40.9. The molecule has 0 aromatic rings. The fourth-order valence-electron chi connectivity index (χ4n) is 10.8. The van der Waals surface area contributed by atoms with Gasteiger partial charge in [0.2, 0.25) is 20.4 Å². The minimum atomic E-state index is -3.12. The molecular weight excluding hydrogens is 1130 g/mol. The zero-order valence-corrected chi connectivity index (χ0v) is 53.5. The second-order valence-corrected chi connectivity index (χ2v) is 25.8. The molecule has 0 saturated carbocycles. The normalized spacial score (nSPS) is 29.5. The lowest BCUT2D eigenvalue weighted by Gasteiger charge is -2.48. The van der Waals surface area contributed by atoms with E-state index >= 15 is 0 Å². The molecule has 0 aromatic carbocycles. The molecule has 1 unspecified atom stereocenters. The van der Waals surface area contributed by atoms with Crippen molar-refractivity contribution in [2.24, 2.45) is 0 Å². The van der Waals surface area contributed by atoms with Crippen LogP contribution in [0.4, 0.5) is 0 Å². The van der Waals surface area contributed by atoms with Crippen molar-refractivity contribution in [1.29, 1.82) is 0 Å². The first-order chi connectivity index (χ1) is 40.8. The molecule has 24 heteroatoms. The SMILES string of the molecule is CCCCCCCCCCCCC/C=C/[C@H](O)[C@@H](CO[C@@H]1O[C@H](CO)[C@@H](O[C@@H]2O[C@H](CO)[C@@H](O)[C@H](O[C@@H]3O[C@H](CO[PH+]([O-])OCC[N+](C)(C)C)[C@@H](O)[C@H](O)[C@H]3NC(C)=O)[C@@H]2O)[C@H](O)[C@H]1O)NC(=O)CCCCCCCCCCCCCCCCC. The fourth-order valence-corrected chi connectivity index (χ4v) is 11.5. The summed E-state index contributed by atoms with van der Waals surface area (Å²) in [6, 6.07) is -2.53. The molecule has 11 N–H and O–H groups in total. The summed E-state index contributed by atoms with van der Waals surface area (Å²) in [6.07, 6.45) is 9.93. The number of aliphatic hydroxyl groups excluding tert-OH is 9. The van der Waals surface area contributed by atoms with Gasteiger partial charge in [0, 0.05) is 13.3 Å². The molecule has 0 bridgehead atoms. The average molecular weight is 1240 g/mol. The number of carbonyl (C=O) groups is 2. The van der Waals surface area contributed by atoms with Crippen molar-refractivity contribution in [3.05, 3.63) is 12.2 Å². The van der Waals surface area contributed by atoms with E-state index in [4.69, 9.17) is 37.5 Å². The van der Waals surface area contributed by atoms with Crippen molar-refractivity contribution in [2.45, 2.75) is 305 Å². The predicted molar refractivity (Wildman–Crippen MR) is 320 cm³/mol. The number of unbranched alkanes of at least 4 members (excludes halogenated alkanes) is 25. The highest BCUT2D eigenvalue weighted by Crippen LogP contribution is 2.35. The number of quaternary nitrogens is 1. The van der Waals surface area contributed by atoms with Gasteiger partial charge >= 0.3 is 0 Å². The molecule has 500 valence electrons. The number of hydrogen-bond acceptors (Lipinski definition) is 20. The molecule has 3 aliphatic heterocycles. The minimum absolute atomic E-state index is 0.0864. The summed E-state index contributed by atoms with van der Waals surface area (Å²) in [5.74, 6) is -0.978. The van der Waals surface area contributed by atoms with E-state index in [1.165, 1.54) is 122 Å². The number of nitrogens with one attached hydrogen (secondary N) is 2. The van der Waals surface area contributed by atoms with Crippen LogP contribution in [-0.4, -0.2) is 227 Å². The monoisotopic (exact) mass is 1240 g/mol. The standard InChI is InChI=1S/C61H116N3O20P/c1-7-9-11-13-15-17-19-21-22-24-26-28-30-32-34-36-49(69)63-44(45(68)35-33-31-29-27-25-23-20-18-16-14-12-10-8-2)41-77-60-55(74)54(73)57(47(40-66)81-60)83-61-56(75)58(52(71)46(39-65)80-61)84-59-50(62-43(3)67)53(72)51(70)48(82-59)42-79-85(76)78-38-37-64(4,5)6/h33,35,44-48,50-61,65-66,68,70-75,85H,7-32,34,36-42H2,1-6H3,(H-,62,63,67,69)/p+1/b35-33+/t44-,45+,46-,47-,48-,50-,51-,52-,53-,54-,55-,56+,57-,58+,59+,60-,61+/m1/s1. The van der Waals surface area contributed by atoms with Crippen LogP contribution >= 0.6 is 8.60 Å². The topological polar surface area (TPSA) is 337 Å². The van der Waals surface area contributed by atoms with E-state index < -0.39 is 139 Å². The zero-order valence-electron chi connectivity index (χ0n) is 52.5. The van der Waals surface area contributed by atoms with Gasteiger partial charge < -0.3 is 94.4 Å². The molecule has 2 amide bonds. The van der Waals surface area contributed by atoms with Crippen LogP contribution in [0.25, 0.3) is 0 Å². The first kappa shape index (κ1) is 77.6. The Labute approximate surface area is 509 Å². The summed E-state index contributed by atoms with van der Waals surface area (Å²) in [5, 5.41) is 106. The summed E-state index contributed by atoms with van der Waals surface area (Å²) in [6.45, 7) is 3.49. The number of nitrogens with zero attached hydrogens (tertiary/aromatic N) is 1. The Morgan fingerprint density at radius 2 is 1.08 bits per heavy atom. The maximum absolute atomic E-state index is 13.4. The summed E-state index contributed by atoms with van der Waals surface area (Å²) in [4.78, 5) is 38.3. The number of amides is 2. The van der Waals surface area contributed by atoms with Crippen LogP contribution in [0.15, 0.2) is 12.2 Å². The summed E-state index contributed by atoms with van der Waals surface area (Å²) in [5.41, 5.74) is 0. The van der Waals surface area contributed by atoms with Crippen molar-refractivity contribution in [1.82, 2.24) is 10.6 Å². The van der Waals surface area contributed by atoms with Gasteiger partial charge in [-0.25, -0.2) is 9.05 Å². The van der Waals surface area contributed by atoms with Gasteiger partial charge in [-0.1, -0.05) is 180 Å². The van der Waals surface area contributed by atoms with Gasteiger partial charge in [0.25, 0.3) is 0 Å². The van der Waals surface area contributed by atoms with Gasteiger partial charge in [-0.3, -0.25) is 9.59 Å². The van der Waals surface area contributed by atoms with Crippen LogP contribution in [-0.2, 0) is 47.1 Å². The van der Waals surface area contributed by atoms with Crippen LogP contribution < -0.4 is 15.5 Å². The Bertz CT molecular complexity index is 1740. The van der Waals surface area contributed by atoms with Gasteiger partial charge in [0.1, 0.15) is 92.9 Å². The number of carbonyl (C=O) groups excluding carboxylic acids is 2. The Morgan fingerprint density at radius 3 is 1.60 bits per heavy atom. The highest BCUT2D eigenvalue weighted by Gasteiger charge is 2.54. The summed E-state index contributed by atoms with van der Waals surface area (Å²) >= 11 is 0. The van der Waals surface area contributed by atoms with Crippen molar-refractivity contribution in [2.75, 3.05) is 60.7 Å². The summed E-state index contributed by atoms with van der Waals surface area (Å²) in [7, 11) is 2.62. The largest absolute Gasteiger partial charge is 0.633 e. The van der Waals surface area contributed by atoms with Crippen LogP contribution in [0.3, 0.4) is 0 Å². The number of allylic oxidation sites excluding steroid dienone is 1. The van der Waals surface area contributed by atoms with E-state index in [2.05, 4.69) is 24.5 Å². The molecule has 3 heterocycles. The maximum Gasteiger partial charge on any atom is 0.225 e. The minimum Gasteiger partial charge on any atom is -0.633 e. The van der Waals surface area contributed by atoms with Gasteiger partial charge in [0.15, 0.2) is 18.9 Å². The second-order valence-electron chi connectivity index (χ2n) is 24.7. The lowest BCUT2D eigenvalue weighted by molar-refractivity contribution is -0.870. The number of likely N-dealkylation sites (N-methyl/N-ethyl adjacent to an activating group) is 1. The smallest absolute Gasteiger partial charge is 0.225 e. The highest BCUT2D eigenvalue weighted by molar-refractivity contribution is 7.39. The second kappa shape index (κ2) is 44.8. The average Bonchev–Trinajstić information content (AvgIpc) is 1.75. The lowest BCUT2D eigenvalue weighted by atomic mass is 9.95. The molecule has 3 aliphatic rings. The first-order valence-corrected chi connectivity index (χ1v) is 33.7. The predicted octanol–water partition coefficient (Wildman–Crippen LogP) is 4.03. The third-order valence-corrected chi connectivity index (χ3v) is 17.0. The van der Waals surface area contributed by atoms with E-state index in [0.29, 0.717) is 17.4 Å². The zero-order chi connectivity index (χ0) is 62.6. The molecule has 0 aliphatic carbocycles. The third-order valence-electron chi connectivity index (χ3n) is 16.2. The Hall–Kier alpha value is -1.65. The molecule has 0 spiro atoms. The van der Waals surface area contributed by atoms with Crippen LogP contribution in [0.5, 0.6) is 0 Å². The number of ether oxygens (including phenoxy) is 6. The van der Waals surface area contributed by atoms with Gasteiger partial charge in [-0.15, -0.1) is 0 Å². The number of hydrogen-bond donors (Lipinski definition) is 11. The van der Waals surface area contributed by atoms with Crippen LogP contribution in [0, 0.1) is 0 Å². The van der Waals surface area contributed by atoms with Gasteiger partial charge in [-0.2, -0.15) is 0 Å². The van der Waals surface area contributed by atoms with Crippen molar-refractivity contribution in [3.8, 4) is 0 Å². The van der Waals surface area contributed by atoms with Crippen molar-refractivity contribution >= 4 is 20.4 Å². The Balaban J connectivity index is 1.64. The molecule has 3 fully saturated rings. The lowest BCUT2D eigenvalue weighted by Crippen LogP contribution is -2.68. The highest BCUT2D eigenvalue weighted by atomic mass is 31.2. The molecule has 0 aromatic heterocycles. The van der Waals surface area contributed by atoms with E-state index in [1.807, 2.05) is 27.2 Å². The number of aliphatic hydroxyl groups is 9. The molecule has 18 atom stereocenters. The van der Waals surface area contributed by atoms with Crippen molar-refractivity contribution in [3.63, 3.8) is 0 Å². The third kappa shape index (κ3) is 30.8. The van der Waals surface area contributed by atoms with Crippen LogP contribution in [0.1, 0.15) is 201 Å². The molecule has 0 radical (unpaired) electrons. The molecule has 3 rings (SSSR count). The Morgan fingerprint density at radius 1 is 0.588 bits per heavy atom. The molecule has 23 nitrogen and oxygen atoms in total. The van der Waals surface area contributed by atoms with E-state index in [9.17, 15) is 60.4 Å². The molecule has 3 saturated heterocycles. The molecule has 85 heavy (non-hydrogen) atoms. The summed E-state index contributed by atoms with van der Waals surface area (Å²) < 4.78 is 46.7. The number of rotatable bonds is 48. The van der Waals surface area contributed by atoms with Crippen molar-refractivity contribution < 1.29 is 102 Å². The maximum atomic E-state index is 13.4. The van der Waals surface area contributed by atoms with E-state index in [-0.39, 0.29) is 25.5 Å². The van der Waals surface area contributed by atoms with Crippen LogP contribution in [0.2, 0.25) is 0 Å². The van der Waals surface area contributed by atoms with Gasteiger partial charge in [0.05, 0.1) is 53.1 Å². The first-order valence-electron chi connectivity index (χ1n) is 32.5.